The van der Waals surface area contributed by atoms with E-state index in [1.807, 2.05) is 0 Å². The van der Waals surface area contributed by atoms with Crippen molar-refractivity contribution >= 4 is 17.7 Å². The van der Waals surface area contributed by atoms with Crippen molar-refractivity contribution in [2.24, 2.45) is 0 Å². The lowest BCUT2D eigenvalue weighted by atomic mass is 10.0. The predicted molar refractivity (Wildman–Crippen MR) is 94.9 cm³/mol. The van der Waals surface area contributed by atoms with Gasteiger partial charge in [0.25, 0.3) is 0 Å². The lowest BCUT2D eigenvalue weighted by Gasteiger charge is -2.17. The van der Waals surface area contributed by atoms with E-state index in [1.165, 1.54) is 29.5 Å². The molecule has 0 heterocycles. The van der Waals surface area contributed by atoms with Crippen LogP contribution in [0.25, 0.3) is 0 Å². The Morgan fingerprint density at radius 2 is 1.78 bits per heavy atom. The average molecular weight is 331 g/mol. The van der Waals surface area contributed by atoms with E-state index in [2.05, 4.69) is 43.4 Å². The minimum atomic E-state index is -0.236. The smallest absolute Gasteiger partial charge is 0.230 e. The Morgan fingerprint density at radius 3 is 2.39 bits per heavy atom. The molecule has 0 saturated heterocycles. The molecule has 1 unspecified atom stereocenters. The Hall–Kier alpha value is -1.81. The first-order valence-corrected chi connectivity index (χ1v) is 8.92. The van der Waals surface area contributed by atoms with Gasteiger partial charge in [0.15, 0.2) is 0 Å². The highest BCUT2D eigenvalue weighted by Gasteiger charge is 2.12. The normalized spacial score (nSPS) is 12.0. The molecular formula is C19H22FNOS. The van der Waals surface area contributed by atoms with Crippen molar-refractivity contribution in [3.8, 4) is 0 Å². The van der Waals surface area contributed by atoms with Crippen molar-refractivity contribution in [2.75, 3.05) is 5.75 Å². The Balaban J connectivity index is 1.80. The average Bonchev–Trinajstić information content (AvgIpc) is 2.55. The summed E-state index contributed by atoms with van der Waals surface area (Å²) >= 11 is 1.54. The summed E-state index contributed by atoms with van der Waals surface area (Å²) in [5, 5.41) is 3.08. The summed E-state index contributed by atoms with van der Waals surface area (Å²) in [4.78, 5) is 12.1. The van der Waals surface area contributed by atoms with Crippen LogP contribution in [0.5, 0.6) is 0 Å². The van der Waals surface area contributed by atoms with Crippen molar-refractivity contribution in [3.63, 3.8) is 0 Å². The van der Waals surface area contributed by atoms with E-state index in [4.69, 9.17) is 0 Å². The molecule has 1 N–H and O–H groups in total. The van der Waals surface area contributed by atoms with E-state index in [0.717, 1.165) is 17.5 Å². The number of rotatable bonds is 7. The fourth-order valence-electron chi connectivity index (χ4n) is 2.30. The van der Waals surface area contributed by atoms with Crippen molar-refractivity contribution in [3.05, 3.63) is 71.0 Å². The van der Waals surface area contributed by atoms with Gasteiger partial charge < -0.3 is 5.32 Å². The molecule has 0 spiro atoms. The fourth-order valence-corrected chi connectivity index (χ4v) is 3.10. The second-order valence-corrected chi connectivity index (χ2v) is 6.54. The molecule has 1 atom stereocenters. The molecule has 0 aromatic heterocycles. The maximum absolute atomic E-state index is 12.8. The fraction of sp³-hybridized carbons (Fsp3) is 0.316. The molecule has 2 nitrogen and oxygen atoms in total. The number of thioether (sulfide) groups is 1. The van der Waals surface area contributed by atoms with Gasteiger partial charge in [-0.05, 0) is 36.6 Å². The summed E-state index contributed by atoms with van der Waals surface area (Å²) in [7, 11) is 0. The third-order valence-electron chi connectivity index (χ3n) is 3.64. The molecule has 4 heteroatoms. The summed E-state index contributed by atoms with van der Waals surface area (Å²) in [6.45, 7) is 4.12. The summed E-state index contributed by atoms with van der Waals surface area (Å²) in [5.41, 5.74) is 3.37. The van der Waals surface area contributed by atoms with Crippen LogP contribution in [0.1, 0.15) is 36.1 Å². The summed E-state index contributed by atoms with van der Waals surface area (Å²) in [6.07, 6.45) is 0.859. The van der Waals surface area contributed by atoms with E-state index in [9.17, 15) is 9.18 Å². The monoisotopic (exact) mass is 331 g/mol. The molecule has 0 aliphatic rings. The number of hydrogen-bond acceptors (Lipinski definition) is 2. The maximum Gasteiger partial charge on any atom is 0.230 e. The Kier molecular flexibility index (Phi) is 6.66. The largest absolute Gasteiger partial charge is 0.349 e. The summed E-state index contributed by atoms with van der Waals surface area (Å²) in [6, 6.07) is 14.7. The van der Waals surface area contributed by atoms with Crippen molar-refractivity contribution < 1.29 is 9.18 Å². The second kappa shape index (κ2) is 8.73. The van der Waals surface area contributed by atoms with Gasteiger partial charge in [-0.2, -0.15) is 0 Å². The Bertz CT molecular complexity index is 625. The number of benzene rings is 2. The number of carbonyl (C=O) groups is 1. The summed E-state index contributed by atoms with van der Waals surface area (Å²) in [5.74, 6) is 0.902. The lowest BCUT2D eigenvalue weighted by Crippen LogP contribution is -2.29. The van der Waals surface area contributed by atoms with Crippen LogP contribution < -0.4 is 5.32 Å². The molecule has 0 fully saturated rings. The molecule has 0 bridgehead atoms. The molecular weight excluding hydrogens is 309 g/mol. The van der Waals surface area contributed by atoms with Crippen LogP contribution in [0.3, 0.4) is 0 Å². The van der Waals surface area contributed by atoms with Gasteiger partial charge in [0.1, 0.15) is 5.82 Å². The zero-order valence-electron chi connectivity index (χ0n) is 13.5. The van der Waals surface area contributed by atoms with Gasteiger partial charge >= 0.3 is 0 Å². The van der Waals surface area contributed by atoms with Crippen LogP contribution >= 0.6 is 11.8 Å². The Labute approximate surface area is 141 Å². The zero-order valence-corrected chi connectivity index (χ0v) is 14.3. The molecule has 2 rings (SSSR count). The molecule has 1 amide bonds. The number of nitrogens with one attached hydrogen (secondary N) is 1. The first-order chi connectivity index (χ1) is 11.1. The van der Waals surface area contributed by atoms with E-state index in [0.29, 0.717) is 11.5 Å². The van der Waals surface area contributed by atoms with E-state index < -0.39 is 0 Å². The molecule has 122 valence electrons. The number of halogens is 1. The van der Waals surface area contributed by atoms with Crippen LogP contribution in [0, 0.1) is 12.7 Å². The lowest BCUT2D eigenvalue weighted by molar-refractivity contribution is -0.119. The van der Waals surface area contributed by atoms with Crippen molar-refractivity contribution in [2.45, 2.75) is 32.1 Å². The minimum absolute atomic E-state index is 0.0320. The predicted octanol–water partition coefficient (Wildman–Crippen LogP) is 4.63. The molecule has 0 aliphatic carbocycles. The number of hydrogen-bond donors (Lipinski definition) is 1. The first-order valence-electron chi connectivity index (χ1n) is 7.76. The quantitative estimate of drug-likeness (QED) is 0.801. The van der Waals surface area contributed by atoms with E-state index in [-0.39, 0.29) is 17.8 Å². The van der Waals surface area contributed by atoms with Crippen molar-refractivity contribution in [1.29, 1.82) is 0 Å². The maximum atomic E-state index is 12.8. The highest BCUT2D eigenvalue weighted by atomic mass is 32.2. The molecule has 0 saturated carbocycles. The van der Waals surface area contributed by atoms with Gasteiger partial charge in [-0.25, -0.2) is 4.39 Å². The van der Waals surface area contributed by atoms with Gasteiger partial charge in [-0.3, -0.25) is 4.79 Å². The molecule has 0 radical (unpaired) electrons. The van der Waals surface area contributed by atoms with Gasteiger partial charge in [-0.1, -0.05) is 48.9 Å². The number of amides is 1. The third kappa shape index (κ3) is 5.71. The van der Waals surface area contributed by atoms with Crippen LogP contribution in [-0.2, 0) is 10.5 Å². The number of carbonyl (C=O) groups excluding carboxylic acids is 1. The topological polar surface area (TPSA) is 29.1 Å². The highest BCUT2D eigenvalue weighted by molar-refractivity contribution is 7.99. The minimum Gasteiger partial charge on any atom is -0.349 e. The van der Waals surface area contributed by atoms with Crippen molar-refractivity contribution in [1.82, 2.24) is 5.32 Å². The highest BCUT2D eigenvalue weighted by Crippen LogP contribution is 2.18. The Morgan fingerprint density at radius 1 is 1.13 bits per heavy atom. The van der Waals surface area contributed by atoms with E-state index in [1.54, 1.807) is 12.1 Å². The van der Waals surface area contributed by atoms with Crippen LogP contribution in [0.4, 0.5) is 4.39 Å². The van der Waals surface area contributed by atoms with Gasteiger partial charge in [0, 0.05) is 5.75 Å². The number of aryl methyl sites for hydroxylation is 1. The molecule has 23 heavy (non-hydrogen) atoms. The van der Waals surface area contributed by atoms with Crippen LogP contribution in [-0.4, -0.2) is 11.7 Å². The zero-order chi connectivity index (χ0) is 16.7. The van der Waals surface area contributed by atoms with Crippen LogP contribution in [0.2, 0.25) is 0 Å². The summed E-state index contributed by atoms with van der Waals surface area (Å²) < 4.78 is 12.8. The van der Waals surface area contributed by atoms with Crippen LogP contribution in [0.15, 0.2) is 48.5 Å². The standard InChI is InChI=1S/C19H22FNOS/c1-3-18(16-8-4-14(2)5-9-16)21-19(22)13-23-12-15-6-10-17(20)11-7-15/h4-11,18H,3,12-13H2,1-2H3,(H,21,22). The first kappa shape index (κ1) is 17.5. The van der Waals surface area contributed by atoms with Gasteiger partial charge in [0.05, 0.1) is 11.8 Å². The van der Waals surface area contributed by atoms with E-state index >= 15 is 0 Å². The molecule has 0 aliphatic heterocycles. The molecule has 2 aromatic carbocycles. The second-order valence-electron chi connectivity index (χ2n) is 5.56. The third-order valence-corrected chi connectivity index (χ3v) is 4.64. The molecule has 2 aromatic rings. The SMILES string of the molecule is CCC(NC(=O)CSCc1ccc(F)cc1)c1ccc(C)cc1. The van der Waals surface area contributed by atoms with Gasteiger partial charge in [-0.15, -0.1) is 11.8 Å². The van der Waals surface area contributed by atoms with Gasteiger partial charge in [0.2, 0.25) is 5.91 Å².